The van der Waals surface area contributed by atoms with Crippen molar-refractivity contribution in [3.63, 3.8) is 0 Å². The molecule has 2 aromatic carbocycles. The van der Waals surface area contributed by atoms with Gasteiger partial charge in [-0.05, 0) is 60.5 Å². The predicted molar refractivity (Wildman–Crippen MR) is 105 cm³/mol. The zero-order valence-corrected chi connectivity index (χ0v) is 14.7. The molecule has 0 saturated carbocycles. The van der Waals surface area contributed by atoms with E-state index in [2.05, 4.69) is 15.9 Å². The van der Waals surface area contributed by atoms with Crippen molar-refractivity contribution in [2.75, 3.05) is 0 Å². The van der Waals surface area contributed by atoms with Gasteiger partial charge in [0.05, 0.1) is 17.4 Å². The third-order valence-electron chi connectivity index (χ3n) is 4.66. The van der Waals surface area contributed by atoms with E-state index in [4.69, 9.17) is 6.42 Å². The largest absolute Gasteiger partial charge is 0.374 e. The van der Waals surface area contributed by atoms with Gasteiger partial charge < -0.3 is 10.1 Å². The lowest BCUT2D eigenvalue weighted by atomic mass is 9.94. The molecule has 0 bridgehead atoms. The summed E-state index contributed by atoms with van der Waals surface area (Å²) in [6.07, 6.45) is 7.19. The minimum atomic E-state index is -1.33. The third kappa shape index (κ3) is 3.21. The Balaban J connectivity index is 1.75. The Morgan fingerprint density at radius 2 is 1.85 bits per heavy atom. The van der Waals surface area contributed by atoms with Gasteiger partial charge in [-0.25, -0.2) is 4.39 Å². The fourth-order valence-electron chi connectivity index (χ4n) is 3.04. The van der Waals surface area contributed by atoms with Crippen LogP contribution in [0.25, 0.3) is 33.4 Å². The van der Waals surface area contributed by atoms with Gasteiger partial charge in [-0.3, -0.25) is 4.98 Å². The van der Waals surface area contributed by atoms with E-state index in [1.807, 2.05) is 30.3 Å². The zero-order chi connectivity index (χ0) is 19.0. The van der Waals surface area contributed by atoms with E-state index in [0.717, 1.165) is 33.4 Å². The lowest BCUT2D eigenvalue weighted by Gasteiger charge is -2.17. The first-order valence-corrected chi connectivity index (χ1v) is 8.52. The Hall–Kier alpha value is -3.42. The van der Waals surface area contributed by atoms with Crippen LogP contribution in [0.3, 0.4) is 0 Å². The van der Waals surface area contributed by atoms with Crippen molar-refractivity contribution in [2.45, 2.75) is 12.5 Å². The molecular weight excluding hydrogens is 339 g/mol. The summed E-state index contributed by atoms with van der Waals surface area (Å²) >= 11 is 0. The summed E-state index contributed by atoms with van der Waals surface area (Å²) in [5, 5.41) is 11.3. The van der Waals surface area contributed by atoms with Gasteiger partial charge in [-0.2, -0.15) is 0 Å². The number of hydrogen-bond donors (Lipinski definition) is 2. The average Bonchev–Trinajstić information content (AvgIpc) is 3.12. The van der Waals surface area contributed by atoms with Gasteiger partial charge >= 0.3 is 0 Å². The molecule has 0 fully saturated rings. The fraction of sp³-hybridized carbons (Fsp3) is 0.0870. The molecule has 2 aromatic heterocycles. The van der Waals surface area contributed by atoms with E-state index in [1.54, 1.807) is 31.3 Å². The molecule has 0 aliphatic rings. The monoisotopic (exact) mass is 356 g/mol. The molecule has 0 aliphatic heterocycles. The van der Waals surface area contributed by atoms with E-state index in [0.29, 0.717) is 5.56 Å². The highest BCUT2D eigenvalue weighted by molar-refractivity contribution is 5.88. The Kier molecular flexibility index (Phi) is 4.02. The maximum absolute atomic E-state index is 13.1. The highest BCUT2D eigenvalue weighted by Crippen LogP contribution is 2.29. The second-order valence-electron chi connectivity index (χ2n) is 6.64. The van der Waals surface area contributed by atoms with Crippen LogP contribution in [-0.2, 0) is 5.60 Å². The molecule has 1 atom stereocenters. The van der Waals surface area contributed by atoms with Crippen LogP contribution in [0.5, 0.6) is 0 Å². The topological polar surface area (TPSA) is 48.9 Å². The molecule has 2 N–H and O–H groups in total. The van der Waals surface area contributed by atoms with Crippen LogP contribution in [-0.4, -0.2) is 15.1 Å². The standard InChI is InChI=1S/C23H17FN2O/c1-3-23(2,27)18-6-4-5-16(11-18)20-12-17-13-21(26-22(17)14-25-20)15-7-9-19(24)10-8-15/h1,4-14,26-27H,2H3. The van der Waals surface area contributed by atoms with Gasteiger partial charge in [0.25, 0.3) is 0 Å². The normalized spacial score (nSPS) is 13.3. The lowest BCUT2D eigenvalue weighted by molar-refractivity contribution is 0.122. The number of pyridine rings is 1. The molecule has 3 nitrogen and oxygen atoms in total. The first-order valence-electron chi connectivity index (χ1n) is 8.52. The van der Waals surface area contributed by atoms with Crippen LogP contribution in [0, 0.1) is 18.2 Å². The maximum Gasteiger partial charge on any atom is 0.147 e. The zero-order valence-electron chi connectivity index (χ0n) is 14.7. The smallest absolute Gasteiger partial charge is 0.147 e. The molecule has 132 valence electrons. The lowest BCUT2D eigenvalue weighted by Crippen LogP contribution is -2.17. The SMILES string of the molecule is C#CC(C)(O)c1cccc(-c2cc3cc(-c4ccc(F)cc4)[nH]c3cn2)c1. The highest BCUT2D eigenvalue weighted by Gasteiger charge is 2.20. The summed E-state index contributed by atoms with van der Waals surface area (Å²) in [7, 11) is 0. The highest BCUT2D eigenvalue weighted by atomic mass is 19.1. The number of nitrogens with one attached hydrogen (secondary N) is 1. The molecule has 0 saturated heterocycles. The number of aromatic nitrogens is 2. The van der Waals surface area contributed by atoms with Crippen molar-refractivity contribution in [1.29, 1.82) is 0 Å². The summed E-state index contributed by atoms with van der Waals surface area (Å²) in [6, 6.07) is 17.8. The Morgan fingerprint density at radius 3 is 2.59 bits per heavy atom. The summed E-state index contributed by atoms with van der Waals surface area (Å²) in [6.45, 7) is 1.59. The molecule has 1 unspecified atom stereocenters. The van der Waals surface area contributed by atoms with Gasteiger partial charge in [0, 0.05) is 16.6 Å². The van der Waals surface area contributed by atoms with Crippen LogP contribution in [0.2, 0.25) is 0 Å². The minimum absolute atomic E-state index is 0.262. The van der Waals surface area contributed by atoms with E-state index in [1.165, 1.54) is 12.1 Å². The third-order valence-corrected chi connectivity index (χ3v) is 4.66. The molecule has 0 radical (unpaired) electrons. The van der Waals surface area contributed by atoms with E-state index < -0.39 is 5.60 Å². The fourth-order valence-corrected chi connectivity index (χ4v) is 3.04. The van der Waals surface area contributed by atoms with Crippen LogP contribution < -0.4 is 0 Å². The van der Waals surface area contributed by atoms with E-state index in [9.17, 15) is 9.50 Å². The molecule has 2 heterocycles. The molecule has 0 amide bonds. The molecule has 4 aromatic rings. The van der Waals surface area contributed by atoms with Crippen LogP contribution in [0.15, 0.2) is 66.9 Å². The number of H-pyrrole nitrogens is 1. The number of fused-ring (bicyclic) bond motifs is 1. The van der Waals surface area contributed by atoms with Gasteiger partial charge in [-0.1, -0.05) is 24.1 Å². The summed E-state index contributed by atoms with van der Waals surface area (Å²) in [5.41, 5.74) is 3.66. The average molecular weight is 356 g/mol. The number of aliphatic hydroxyl groups is 1. The number of halogens is 1. The Bertz CT molecular complexity index is 1170. The van der Waals surface area contributed by atoms with E-state index >= 15 is 0 Å². The van der Waals surface area contributed by atoms with Gasteiger partial charge in [0.2, 0.25) is 0 Å². The van der Waals surface area contributed by atoms with Crippen LogP contribution >= 0.6 is 0 Å². The van der Waals surface area contributed by atoms with Gasteiger partial charge in [0.15, 0.2) is 0 Å². The first kappa shape index (κ1) is 17.0. The predicted octanol–water partition coefficient (Wildman–Crippen LogP) is 4.88. The molecule has 0 spiro atoms. The molecule has 0 aliphatic carbocycles. The quantitative estimate of drug-likeness (QED) is 0.514. The number of rotatable bonds is 3. The summed E-state index contributed by atoms with van der Waals surface area (Å²) in [5.74, 6) is 2.13. The molecule has 27 heavy (non-hydrogen) atoms. The second kappa shape index (κ2) is 6.39. The molecular formula is C23H17FN2O. The van der Waals surface area contributed by atoms with Gasteiger partial charge in [-0.15, -0.1) is 6.42 Å². The number of nitrogens with zero attached hydrogens (tertiary/aromatic N) is 1. The molecule has 4 rings (SSSR count). The number of aromatic amines is 1. The molecule has 4 heteroatoms. The van der Waals surface area contributed by atoms with Gasteiger partial charge in [0.1, 0.15) is 11.4 Å². The van der Waals surface area contributed by atoms with Crippen molar-refractivity contribution in [3.05, 3.63) is 78.2 Å². The van der Waals surface area contributed by atoms with Crippen molar-refractivity contribution in [3.8, 4) is 34.9 Å². The van der Waals surface area contributed by atoms with Crippen molar-refractivity contribution in [1.82, 2.24) is 9.97 Å². The Morgan fingerprint density at radius 1 is 1.07 bits per heavy atom. The number of benzene rings is 2. The van der Waals surface area contributed by atoms with Crippen LogP contribution in [0.1, 0.15) is 12.5 Å². The van der Waals surface area contributed by atoms with E-state index in [-0.39, 0.29) is 5.82 Å². The minimum Gasteiger partial charge on any atom is -0.374 e. The van der Waals surface area contributed by atoms with Crippen molar-refractivity contribution >= 4 is 10.9 Å². The van der Waals surface area contributed by atoms with Crippen LogP contribution in [0.4, 0.5) is 4.39 Å². The number of hydrogen-bond acceptors (Lipinski definition) is 2. The first-order chi connectivity index (χ1) is 13.0. The summed E-state index contributed by atoms with van der Waals surface area (Å²) < 4.78 is 13.1. The Labute approximate surface area is 156 Å². The number of terminal acetylenes is 1. The van der Waals surface area contributed by atoms with Crippen molar-refractivity contribution < 1.29 is 9.50 Å². The second-order valence-corrected chi connectivity index (χ2v) is 6.64. The summed E-state index contributed by atoms with van der Waals surface area (Å²) in [4.78, 5) is 7.83. The maximum atomic E-state index is 13.1. The van der Waals surface area contributed by atoms with Crippen molar-refractivity contribution in [2.24, 2.45) is 0 Å².